The van der Waals surface area contributed by atoms with Gasteiger partial charge in [-0.2, -0.15) is 13.2 Å². The number of hydrogen-bond donors (Lipinski definition) is 2. The molecule has 0 saturated heterocycles. The second-order valence-corrected chi connectivity index (χ2v) is 7.69. The molecule has 3 aromatic carbocycles. The highest BCUT2D eigenvalue weighted by Crippen LogP contribution is 2.44. The van der Waals surface area contributed by atoms with Crippen molar-refractivity contribution in [3.63, 3.8) is 0 Å². The smallest absolute Gasteiger partial charge is 0.434 e. The number of aromatic nitrogens is 2. The summed E-state index contributed by atoms with van der Waals surface area (Å²) in [5.41, 5.74) is 4.62. The van der Waals surface area contributed by atoms with Gasteiger partial charge in [-0.3, -0.25) is 0 Å². The van der Waals surface area contributed by atoms with Gasteiger partial charge in [0.25, 0.3) is 0 Å². The molecular formula is C24H16ClF4N3O2. The molecule has 174 valence electrons. The van der Waals surface area contributed by atoms with E-state index in [9.17, 15) is 22.7 Å². The summed E-state index contributed by atoms with van der Waals surface area (Å²) in [7, 11) is 0. The zero-order valence-electron chi connectivity index (χ0n) is 17.3. The fourth-order valence-electron chi connectivity index (χ4n) is 3.32. The van der Waals surface area contributed by atoms with Gasteiger partial charge >= 0.3 is 6.18 Å². The van der Waals surface area contributed by atoms with Gasteiger partial charge in [0.05, 0.1) is 5.69 Å². The molecule has 1 heterocycles. The monoisotopic (exact) mass is 489 g/mol. The third kappa shape index (κ3) is 5.04. The van der Waals surface area contributed by atoms with Gasteiger partial charge in [0, 0.05) is 22.2 Å². The molecule has 4 rings (SSSR count). The van der Waals surface area contributed by atoms with Gasteiger partial charge < -0.3 is 15.6 Å². The first-order chi connectivity index (χ1) is 16.1. The summed E-state index contributed by atoms with van der Waals surface area (Å²) in [4.78, 5) is 7.43. The molecule has 34 heavy (non-hydrogen) atoms. The van der Waals surface area contributed by atoms with E-state index in [1.54, 1.807) is 12.1 Å². The van der Waals surface area contributed by atoms with E-state index < -0.39 is 17.8 Å². The fourth-order valence-corrected chi connectivity index (χ4v) is 3.44. The lowest BCUT2D eigenvalue weighted by molar-refractivity contribution is -0.140. The third-order valence-electron chi connectivity index (χ3n) is 4.87. The quantitative estimate of drug-likeness (QED) is 0.313. The number of anilines is 1. The lowest BCUT2D eigenvalue weighted by Crippen LogP contribution is -2.14. The van der Waals surface area contributed by atoms with Gasteiger partial charge in [-0.25, -0.2) is 14.4 Å². The van der Waals surface area contributed by atoms with E-state index in [2.05, 4.69) is 9.97 Å². The number of benzene rings is 3. The van der Waals surface area contributed by atoms with E-state index in [-0.39, 0.29) is 46.3 Å². The normalized spacial score (nSPS) is 11.4. The number of hydrogen-bond acceptors (Lipinski definition) is 5. The summed E-state index contributed by atoms with van der Waals surface area (Å²) < 4.78 is 60.2. The molecule has 0 atom stereocenters. The van der Waals surface area contributed by atoms with Crippen molar-refractivity contribution in [2.45, 2.75) is 12.8 Å². The van der Waals surface area contributed by atoms with Crippen molar-refractivity contribution in [2.24, 2.45) is 0 Å². The van der Waals surface area contributed by atoms with Crippen LogP contribution in [0.1, 0.15) is 11.3 Å². The number of nitrogen functional groups attached to an aromatic ring is 1. The zero-order chi connectivity index (χ0) is 24.5. The van der Waals surface area contributed by atoms with E-state index in [1.807, 2.05) is 0 Å². The van der Waals surface area contributed by atoms with E-state index in [1.165, 1.54) is 54.6 Å². The Labute approximate surface area is 196 Å². The van der Waals surface area contributed by atoms with Crippen molar-refractivity contribution in [1.29, 1.82) is 0 Å². The Kier molecular flexibility index (Phi) is 6.30. The third-order valence-corrected chi connectivity index (χ3v) is 5.12. The topological polar surface area (TPSA) is 81.3 Å². The minimum atomic E-state index is -4.84. The maximum absolute atomic E-state index is 13.9. The molecule has 0 radical (unpaired) electrons. The Morgan fingerprint density at radius 1 is 0.941 bits per heavy atom. The lowest BCUT2D eigenvalue weighted by Gasteiger charge is -2.17. The van der Waals surface area contributed by atoms with Crippen LogP contribution in [0.5, 0.6) is 11.5 Å². The van der Waals surface area contributed by atoms with Crippen LogP contribution in [0.2, 0.25) is 5.02 Å². The molecule has 0 aliphatic carbocycles. The van der Waals surface area contributed by atoms with Crippen molar-refractivity contribution in [3.8, 4) is 33.9 Å². The molecule has 0 bridgehead atoms. The van der Waals surface area contributed by atoms with Gasteiger partial charge in [0.2, 0.25) is 5.95 Å². The van der Waals surface area contributed by atoms with Crippen LogP contribution in [0.15, 0.2) is 66.7 Å². The molecule has 10 heteroatoms. The average Bonchev–Trinajstić information content (AvgIpc) is 2.78. The highest BCUT2D eigenvalue weighted by atomic mass is 35.5. The highest BCUT2D eigenvalue weighted by molar-refractivity contribution is 6.30. The summed E-state index contributed by atoms with van der Waals surface area (Å²) >= 11 is 5.89. The number of ether oxygens (including phenoxy) is 1. The van der Waals surface area contributed by atoms with Crippen LogP contribution in [0.4, 0.5) is 23.5 Å². The lowest BCUT2D eigenvalue weighted by atomic mass is 9.96. The predicted octanol–water partition coefficient (Wildman–Crippen LogP) is 6.49. The molecule has 0 saturated carbocycles. The minimum Gasteiger partial charge on any atom is -0.507 e. The first-order valence-electron chi connectivity index (χ1n) is 9.83. The summed E-state index contributed by atoms with van der Waals surface area (Å²) in [6.07, 6.45) is -4.84. The Balaban J connectivity index is 1.76. The van der Waals surface area contributed by atoms with Crippen molar-refractivity contribution < 1.29 is 27.4 Å². The second-order valence-electron chi connectivity index (χ2n) is 7.25. The fraction of sp³-hybridized carbons (Fsp3) is 0.0833. The van der Waals surface area contributed by atoms with Gasteiger partial charge in [0.15, 0.2) is 5.69 Å². The maximum Gasteiger partial charge on any atom is 0.434 e. The first-order valence-corrected chi connectivity index (χ1v) is 10.2. The van der Waals surface area contributed by atoms with Crippen LogP contribution in [-0.2, 0) is 12.8 Å². The Hall–Kier alpha value is -3.85. The Bertz CT molecular complexity index is 1330. The number of phenolic OH excluding ortho intramolecular Hbond substituents is 1. The standard InChI is InChI=1S/C24H16ClF4N3O2/c25-15-5-3-14(4-6-15)20-21(31-23(30)32-22(20)24(27,28)29)18-10-9-17(11-19(18)33)34-12-13-1-7-16(26)8-2-13/h1-11,33H,12H2,(H2,30,31,32). The number of rotatable bonds is 5. The van der Waals surface area contributed by atoms with Gasteiger partial charge in [-0.05, 0) is 47.5 Å². The molecule has 0 unspecified atom stereocenters. The molecule has 3 N–H and O–H groups in total. The van der Waals surface area contributed by atoms with Gasteiger partial charge in [-0.15, -0.1) is 0 Å². The number of alkyl halides is 3. The summed E-state index contributed by atoms with van der Waals surface area (Å²) in [6, 6.07) is 15.4. The largest absolute Gasteiger partial charge is 0.507 e. The van der Waals surface area contributed by atoms with Crippen LogP contribution in [0.3, 0.4) is 0 Å². The number of halogens is 5. The SMILES string of the molecule is Nc1nc(-c2ccc(OCc3ccc(F)cc3)cc2O)c(-c2ccc(Cl)cc2)c(C(F)(F)F)n1. The Morgan fingerprint density at radius 2 is 1.62 bits per heavy atom. The molecule has 0 amide bonds. The molecular weight excluding hydrogens is 474 g/mol. The van der Waals surface area contributed by atoms with E-state index >= 15 is 0 Å². The van der Waals surface area contributed by atoms with Crippen molar-refractivity contribution >= 4 is 17.5 Å². The zero-order valence-corrected chi connectivity index (χ0v) is 18.0. The first kappa shape index (κ1) is 23.3. The molecule has 0 spiro atoms. The van der Waals surface area contributed by atoms with E-state index in [0.29, 0.717) is 10.6 Å². The van der Waals surface area contributed by atoms with Gasteiger partial charge in [-0.1, -0.05) is 35.9 Å². The average molecular weight is 490 g/mol. The predicted molar refractivity (Wildman–Crippen MR) is 120 cm³/mol. The van der Waals surface area contributed by atoms with Gasteiger partial charge in [0.1, 0.15) is 23.9 Å². The molecule has 5 nitrogen and oxygen atoms in total. The summed E-state index contributed by atoms with van der Waals surface area (Å²) in [5.74, 6) is -1.12. The van der Waals surface area contributed by atoms with Crippen LogP contribution in [0, 0.1) is 5.82 Å². The number of nitrogens with two attached hydrogens (primary N) is 1. The number of aromatic hydroxyl groups is 1. The summed E-state index contributed by atoms with van der Waals surface area (Å²) in [6.45, 7) is 0.0910. The van der Waals surface area contributed by atoms with Crippen LogP contribution >= 0.6 is 11.6 Å². The minimum absolute atomic E-state index is 0.00122. The molecule has 0 aliphatic rings. The highest BCUT2D eigenvalue weighted by Gasteiger charge is 2.38. The second kappa shape index (κ2) is 9.18. The molecule has 0 aliphatic heterocycles. The van der Waals surface area contributed by atoms with Crippen LogP contribution in [0.25, 0.3) is 22.4 Å². The number of nitrogens with zero attached hydrogens (tertiary/aromatic N) is 2. The Morgan fingerprint density at radius 3 is 2.24 bits per heavy atom. The van der Waals surface area contributed by atoms with Crippen molar-refractivity contribution in [2.75, 3.05) is 5.73 Å². The molecule has 0 fully saturated rings. The molecule has 4 aromatic rings. The molecule has 1 aromatic heterocycles. The van der Waals surface area contributed by atoms with Crippen LogP contribution in [-0.4, -0.2) is 15.1 Å². The van der Waals surface area contributed by atoms with Crippen LogP contribution < -0.4 is 10.5 Å². The van der Waals surface area contributed by atoms with E-state index in [0.717, 1.165) is 0 Å². The maximum atomic E-state index is 13.9. The van der Waals surface area contributed by atoms with Crippen molar-refractivity contribution in [1.82, 2.24) is 9.97 Å². The number of phenols is 1. The summed E-state index contributed by atoms with van der Waals surface area (Å²) in [5, 5.41) is 11.0. The van der Waals surface area contributed by atoms with E-state index in [4.69, 9.17) is 22.1 Å². The van der Waals surface area contributed by atoms with Crippen molar-refractivity contribution in [3.05, 3.63) is 88.8 Å².